The number of nitrogens with one attached hydrogen (secondary N) is 1. The van der Waals surface area contributed by atoms with Gasteiger partial charge >= 0.3 is 5.69 Å². The van der Waals surface area contributed by atoms with Crippen molar-refractivity contribution < 1.29 is 9.53 Å². The number of ketones is 1. The Labute approximate surface area is 181 Å². The predicted molar refractivity (Wildman–Crippen MR) is 120 cm³/mol. The summed E-state index contributed by atoms with van der Waals surface area (Å²) in [6, 6.07) is 9.15. The molecule has 162 valence electrons. The molecule has 0 radical (unpaired) electrons. The van der Waals surface area contributed by atoms with Crippen LogP contribution in [-0.2, 0) is 11.8 Å². The number of carbonyl (C=O) groups excluding carboxylic acids is 1. The van der Waals surface area contributed by atoms with Gasteiger partial charge in [-0.25, -0.2) is 4.79 Å². The van der Waals surface area contributed by atoms with Gasteiger partial charge in [-0.15, -0.1) is 0 Å². The maximum absolute atomic E-state index is 13.0. The number of methoxy groups -OCH3 is 1. The van der Waals surface area contributed by atoms with Crippen LogP contribution in [0.25, 0.3) is 28.2 Å². The van der Waals surface area contributed by atoms with Crippen LogP contribution < -0.4 is 11.2 Å². The number of aromatic amines is 1. The highest BCUT2D eigenvalue weighted by Gasteiger charge is 2.32. The molecule has 32 heavy (non-hydrogen) atoms. The summed E-state index contributed by atoms with van der Waals surface area (Å²) in [5.74, 6) is 0.146. The number of aryl methyl sites for hydroxylation is 1. The summed E-state index contributed by atoms with van der Waals surface area (Å²) < 4.78 is 10.4. The molecule has 0 bridgehead atoms. The first kappa shape index (κ1) is 20.0. The van der Waals surface area contributed by atoms with Gasteiger partial charge in [0.2, 0.25) is 5.78 Å². The van der Waals surface area contributed by atoms with E-state index in [1.807, 2.05) is 59.2 Å². The number of carbonyl (C=O) groups is 1. The fourth-order valence-corrected chi connectivity index (χ4v) is 4.37. The normalized spacial score (nSPS) is 18.1. The van der Waals surface area contributed by atoms with Gasteiger partial charge in [-0.05, 0) is 0 Å². The fourth-order valence-electron chi connectivity index (χ4n) is 4.37. The van der Waals surface area contributed by atoms with Gasteiger partial charge in [0, 0.05) is 26.6 Å². The summed E-state index contributed by atoms with van der Waals surface area (Å²) in [6.45, 7) is 1.46. The standard InChI is InChI=1S/C23H21N5O4/c1-13(29)17-18(14-9-5-4-6-10-14)27(15-11-7-8-12-16(15)32-3)22-24-20-19(28(17)22)21(30)25-23(31)26(20)2/h4-12,15-16H,1-3H3,(H,25,30,31). The monoisotopic (exact) mass is 431 g/mol. The number of benzene rings is 1. The largest absolute Gasteiger partial charge is 0.375 e. The number of imidazole rings is 2. The molecule has 0 saturated carbocycles. The first-order valence-corrected chi connectivity index (χ1v) is 10.1. The van der Waals surface area contributed by atoms with E-state index in [1.54, 1.807) is 11.5 Å². The number of H-pyrrole nitrogens is 1. The van der Waals surface area contributed by atoms with Crippen molar-refractivity contribution in [3.8, 4) is 11.3 Å². The Balaban J connectivity index is 2.03. The molecule has 2 atom stereocenters. The number of rotatable bonds is 4. The molecular weight excluding hydrogens is 410 g/mol. The van der Waals surface area contributed by atoms with Crippen LogP contribution in [0.1, 0.15) is 23.5 Å². The summed E-state index contributed by atoms with van der Waals surface area (Å²) in [7, 11) is 3.15. The van der Waals surface area contributed by atoms with Crippen molar-refractivity contribution in [3.63, 3.8) is 0 Å². The third-order valence-electron chi connectivity index (χ3n) is 5.81. The molecule has 0 spiro atoms. The van der Waals surface area contributed by atoms with Crippen molar-refractivity contribution in [3.05, 3.63) is 81.2 Å². The molecule has 9 nitrogen and oxygen atoms in total. The first-order chi connectivity index (χ1) is 15.4. The molecule has 4 aromatic rings. The van der Waals surface area contributed by atoms with Crippen molar-refractivity contribution in [1.82, 2.24) is 23.5 Å². The fraction of sp³-hybridized carbons (Fsp3) is 0.217. The number of hydrogen-bond donors (Lipinski definition) is 1. The van der Waals surface area contributed by atoms with E-state index in [2.05, 4.69) is 9.97 Å². The van der Waals surface area contributed by atoms with Gasteiger partial charge in [-0.3, -0.25) is 28.1 Å². The van der Waals surface area contributed by atoms with Crippen LogP contribution in [0.4, 0.5) is 0 Å². The average Bonchev–Trinajstić information content (AvgIpc) is 3.33. The van der Waals surface area contributed by atoms with Crippen LogP contribution in [0.3, 0.4) is 0 Å². The number of fused-ring (bicyclic) bond motifs is 3. The maximum Gasteiger partial charge on any atom is 0.329 e. The van der Waals surface area contributed by atoms with Crippen LogP contribution in [0.5, 0.6) is 0 Å². The lowest BCUT2D eigenvalue weighted by atomic mass is 10.0. The summed E-state index contributed by atoms with van der Waals surface area (Å²) in [5.41, 5.74) is 0.921. The Morgan fingerprint density at radius 1 is 1.12 bits per heavy atom. The highest BCUT2D eigenvalue weighted by atomic mass is 16.5. The molecule has 0 aliphatic heterocycles. The van der Waals surface area contributed by atoms with Crippen molar-refractivity contribution in [2.24, 2.45) is 7.05 Å². The Morgan fingerprint density at radius 3 is 2.53 bits per heavy atom. The maximum atomic E-state index is 13.0. The summed E-state index contributed by atoms with van der Waals surface area (Å²) in [4.78, 5) is 45.0. The van der Waals surface area contributed by atoms with Crippen molar-refractivity contribution in [2.75, 3.05) is 7.11 Å². The lowest BCUT2D eigenvalue weighted by Gasteiger charge is -2.26. The third-order valence-corrected chi connectivity index (χ3v) is 5.81. The minimum Gasteiger partial charge on any atom is -0.375 e. The zero-order chi connectivity index (χ0) is 22.6. The van der Waals surface area contributed by atoms with Gasteiger partial charge in [0.25, 0.3) is 5.56 Å². The lowest BCUT2D eigenvalue weighted by molar-refractivity contribution is 0.101. The van der Waals surface area contributed by atoms with Crippen LogP contribution in [0.15, 0.2) is 64.2 Å². The van der Waals surface area contributed by atoms with Gasteiger partial charge in [-0.1, -0.05) is 54.6 Å². The van der Waals surface area contributed by atoms with Gasteiger partial charge in [0.15, 0.2) is 16.9 Å². The molecule has 3 aromatic heterocycles. The number of Topliss-reactive ketones (excluding diaryl/α,β-unsaturated/α-hetero) is 1. The zero-order valence-electron chi connectivity index (χ0n) is 17.8. The molecule has 2 unspecified atom stereocenters. The highest BCUT2D eigenvalue weighted by Crippen LogP contribution is 2.36. The molecule has 0 fully saturated rings. The van der Waals surface area contributed by atoms with E-state index >= 15 is 0 Å². The van der Waals surface area contributed by atoms with Gasteiger partial charge < -0.3 is 4.74 Å². The molecule has 1 aliphatic rings. The van der Waals surface area contributed by atoms with E-state index in [4.69, 9.17) is 4.74 Å². The summed E-state index contributed by atoms with van der Waals surface area (Å²) in [5, 5.41) is 0. The second-order valence-electron chi connectivity index (χ2n) is 7.69. The van der Waals surface area contributed by atoms with E-state index in [0.717, 1.165) is 5.56 Å². The number of nitrogens with zero attached hydrogens (tertiary/aromatic N) is 4. The molecule has 3 heterocycles. The molecule has 1 N–H and O–H groups in total. The Kier molecular flexibility index (Phi) is 4.56. The SMILES string of the molecule is COC1C=CC=CC1n1c(-c2ccccc2)c(C(C)=O)n2c3c(=O)[nH]c(=O)n(C)c3nc12. The number of allylic oxidation sites excluding steroid dienone is 2. The zero-order valence-corrected chi connectivity index (χ0v) is 17.8. The van der Waals surface area contributed by atoms with Crippen molar-refractivity contribution in [1.29, 1.82) is 0 Å². The second-order valence-corrected chi connectivity index (χ2v) is 7.69. The van der Waals surface area contributed by atoms with E-state index in [1.165, 1.54) is 18.5 Å². The van der Waals surface area contributed by atoms with E-state index in [0.29, 0.717) is 17.2 Å². The highest BCUT2D eigenvalue weighted by molar-refractivity contribution is 6.01. The van der Waals surface area contributed by atoms with Crippen molar-refractivity contribution in [2.45, 2.75) is 19.1 Å². The van der Waals surface area contributed by atoms with E-state index in [9.17, 15) is 14.4 Å². The molecule has 5 rings (SSSR count). The topological polar surface area (TPSA) is 103 Å². The van der Waals surface area contributed by atoms with Crippen LogP contribution in [-0.4, -0.2) is 42.5 Å². The van der Waals surface area contributed by atoms with Crippen LogP contribution in [0.2, 0.25) is 0 Å². The Bertz CT molecular complexity index is 1550. The van der Waals surface area contributed by atoms with Gasteiger partial charge in [0.05, 0.1) is 17.8 Å². The second kappa shape index (κ2) is 7.31. The smallest absolute Gasteiger partial charge is 0.329 e. The molecular formula is C23H21N5O4. The minimum atomic E-state index is -0.600. The number of ether oxygens (including phenoxy) is 1. The Morgan fingerprint density at radius 2 is 1.84 bits per heavy atom. The summed E-state index contributed by atoms with van der Waals surface area (Å²) in [6.07, 6.45) is 7.38. The Hall–Kier alpha value is -3.98. The molecule has 1 aromatic carbocycles. The quantitative estimate of drug-likeness (QED) is 0.499. The van der Waals surface area contributed by atoms with Crippen molar-refractivity contribution >= 4 is 22.7 Å². The number of hydrogen-bond acceptors (Lipinski definition) is 5. The van der Waals surface area contributed by atoms with Gasteiger partial charge in [0.1, 0.15) is 5.69 Å². The van der Waals surface area contributed by atoms with E-state index in [-0.39, 0.29) is 29.1 Å². The molecule has 0 amide bonds. The van der Waals surface area contributed by atoms with E-state index < -0.39 is 11.2 Å². The third kappa shape index (κ3) is 2.75. The van der Waals surface area contributed by atoms with Crippen LogP contribution in [0, 0.1) is 0 Å². The first-order valence-electron chi connectivity index (χ1n) is 10.1. The van der Waals surface area contributed by atoms with Crippen LogP contribution >= 0.6 is 0 Å². The summed E-state index contributed by atoms with van der Waals surface area (Å²) >= 11 is 0. The molecule has 0 saturated heterocycles. The molecule has 9 heteroatoms. The lowest BCUT2D eigenvalue weighted by Crippen LogP contribution is -2.29. The average molecular weight is 431 g/mol. The molecule has 1 aliphatic carbocycles. The predicted octanol–water partition coefficient (Wildman–Crippen LogP) is 2.23. The number of aromatic nitrogens is 5. The minimum absolute atomic E-state index is 0.146. The van der Waals surface area contributed by atoms with Gasteiger partial charge in [-0.2, -0.15) is 4.98 Å².